The third-order valence-corrected chi connectivity index (χ3v) is 4.76. The Hall–Kier alpha value is -2.94. The van der Waals surface area contributed by atoms with Crippen molar-refractivity contribution in [3.05, 3.63) is 35.4 Å². The molecule has 0 aliphatic carbocycles. The quantitative estimate of drug-likeness (QED) is 0.431. The third kappa shape index (κ3) is 7.47. The first-order chi connectivity index (χ1) is 14.4. The van der Waals surface area contributed by atoms with Crippen molar-refractivity contribution >= 4 is 23.9 Å². The number of carbonyl (C=O) groups excluding carboxylic acids is 4. The highest BCUT2D eigenvalue weighted by Gasteiger charge is 2.32. The Bertz CT molecular complexity index is 730. The van der Waals surface area contributed by atoms with Crippen molar-refractivity contribution in [2.75, 3.05) is 26.2 Å². The van der Waals surface area contributed by atoms with E-state index in [4.69, 9.17) is 9.57 Å². The van der Waals surface area contributed by atoms with Gasteiger partial charge in [-0.05, 0) is 37.2 Å². The highest BCUT2D eigenvalue weighted by atomic mass is 16.7. The second-order valence-corrected chi connectivity index (χ2v) is 6.92. The van der Waals surface area contributed by atoms with E-state index >= 15 is 0 Å². The Morgan fingerprint density at radius 1 is 1.03 bits per heavy atom. The van der Waals surface area contributed by atoms with Crippen molar-refractivity contribution in [1.29, 1.82) is 0 Å². The number of rotatable bonds is 11. The average molecular weight is 419 g/mol. The number of hydrogen-bond acceptors (Lipinski definition) is 7. The van der Waals surface area contributed by atoms with Gasteiger partial charge in [-0.25, -0.2) is 9.59 Å². The number of benzene rings is 1. The molecule has 0 spiro atoms. The molecule has 0 unspecified atom stereocenters. The SMILES string of the molecule is CCN(CC)CCCNC(=O)OCc1ccc(CC(=O)ON2C(=O)CCC2=O)cc1. The van der Waals surface area contributed by atoms with Crippen LogP contribution in [0.3, 0.4) is 0 Å². The summed E-state index contributed by atoms with van der Waals surface area (Å²) in [5, 5.41) is 3.26. The van der Waals surface area contributed by atoms with E-state index in [0.29, 0.717) is 17.2 Å². The molecular weight excluding hydrogens is 390 g/mol. The summed E-state index contributed by atoms with van der Waals surface area (Å²) in [5.74, 6) is -1.70. The molecule has 1 aromatic rings. The van der Waals surface area contributed by atoms with Crippen LogP contribution in [0.1, 0.15) is 44.2 Å². The van der Waals surface area contributed by atoms with Gasteiger partial charge in [0, 0.05) is 19.4 Å². The molecule has 0 bridgehead atoms. The van der Waals surface area contributed by atoms with Crippen molar-refractivity contribution in [2.45, 2.75) is 46.1 Å². The number of hydroxylamine groups is 2. The van der Waals surface area contributed by atoms with Crippen LogP contribution < -0.4 is 5.32 Å². The molecule has 1 fully saturated rings. The molecule has 1 N–H and O–H groups in total. The van der Waals surface area contributed by atoms with Crippen molar-refractivity contribution in [1.82, 2.24) is 15.3 Å². The monoisotopic (exact) mass is 419 g/mol. The zero-order chi connectivity index (χ0) is 21.9. The van der Waals surface area contributed by atoms with Gasteiger partial charge < -0.3 is 19.8 Å². The Kier molecular flexibility index (Phi) is 9.27. The minimum Gasteiger partial charge on any atom is -0.445 e. The van der Waals surface area contributed by atoms with Crippen LogP contribution >= 0.6 is 0 Å². The molecule has 0 saturated carbocycles. The number of carbonyl (C=O) groups is 4. The van der Waals surface area contributed by atoms with E-state index in [1.165, 1.54) is 0 Å². The van der Waals surface area contributed by atoms with Gasteiger partial charge >= 0.3 is 12.1 Å². The molecule has 0 radical (unpaired) electrons. The fourth-order valence-corrected chi connectivity index (χ4v) is 2.94. The fourth-order valence-electron chi connectivity index (χ4n) is 2.94. The molecule has 1 aromatic carbocycles. The standard InChI is InChI=1S/C21H29N3O6/c1-3-23(4-2)13-5-12-22-21(28)29-15-17-8-6-16(7-9-17)14-20(27)30-24-18(25)10-11-19(24)26/h6-9H,3-5,10-15H2,1-2H3,(H,22,28). The number of ether oxygens (including phenoxy) is 1. The predicted molar refractivity (Wildman–Crippen MR) is 108 cm³/mol. The van der Waals surface area contributed by atoms with Crippen molar-refractivity contribution in [2.24, 2.45) is 0 Å². The van der Waals surface area contributed by atoms with Gasteiger partial charge in [0.05, 0.1) is 6.42 Å². The van der Waals surface area contributed by atoms with Crippen LogP contribution in [0.15, 0.2) is 24.3 Å². The highest BCUT2D eigenvalue weighted by molar-refractivity contribution is 6.01. The highest BCUT2D eigenvalue weighted by Crippen LogP contribution is 2.13. The summed E-state index contributed by atoms with van der Waals surface area (Å²) in [6.45, 7) is 7.79. The van der Waals surface area contributed by atoms with Crippen LogP contribution in [0.25, 0.3) is 0 Å². The van der Waals surface area contributed by atoms with E-state index in [2.05, 4.69) is 24.1 Å². The predicted octanol–water partition coefficient (Wildman–Crippen LogP) is 1.79. The number of hydrogen-bond donors (Lipinski definition) is 1. The van der Waals surface area contributed by atoms with Crippen molar-refractivity contribution in [3.8, 4) is 0 Å². The molecule has 2 rings (SSSR count). The van der Waals surface area contributed by atoms with E-state index < -0.39 is 23.9 Å². The summed E-state index contributed by atoms with van der Waals surface area (Å²) in [4.78, 5) is 53.7. The molecular formula is C21H29N3O6. The Morgan fingerprint density at radius 3 is 2.23 bits per heavy atom. The molecule has 1 heterocycles. The Labute approximate surface area is 176 Å². The number of imide groups is 1. The maximum absolute atomic E-state index is 11.9. The molecule has 0 aromatic heterocycles. The Balaban J connectivity index is 1.67. The van der Waals surface area contributed by atoms with Gasteiger partial charge in [-0.3, -0.25) is 9.59 Å². The van der Waals surface area contributed by atoms with E-state index in [0.717, 1.165) is 31.6 Å². The summed E-state index contributed by atoms with van der Waals surface area (Å²) in [6, 6.07) is 6.88. The topological polar surface area (TPSA) is 105 Å². The summed E-state index contributed by atoms with van der Waals surface area (Å²) < 4.78 is 5.18. The largest absolute Gasteiger partial charge is 0.445 e. The van der Waals surface area contributed by atoms with Gasteiger partial charge in [0.15, 0.2) is 0 Å². The maximum Gasteiger partial charge on any atom is 0.407 e. The molecule has 1 aliphatic heterocycles. The van der Waals surface area contributed by atoms with E-state index in [-0.39, 0.29) is 25.9 Å². The lowest BCUT2D eigenvalue weighted by atomic mass is 10.1. The van der Waals surface area contributed by atoms with E-state index in [9.17, 15) is 19.2 Å². The number of nitrogens with one attached hydrogen (secondary N) is 1. The zero-order valence-corrected chi connectivity index (χ0v) is 17.5. The molecule has 9 heteroatoms. The first-order valence-electron chi connectivity index (χ1n) is 10.2. The molecule has 9 nitrogen and oxygen atoms in total. The minimum absolute atomic E-state index is 0.0598. The average Bonchev–Trinajstić information content (AvgIpc) is 3.05. The second kappa shape index (κ2) is 11.9. The summed E-state index contributed by atoms with van der Waals surface area (Å²) in [7, 11) is 0. The van der Waals surface area contributed by atoms with Crippen LogP contribution in [-0.2, 0) is 37.0 Å². The lowest BCUT2D eigenvalue weighted by Crippen LogP contribution is -2.32. The van der Waals surface area contributed by atoms with Crippen LogP contribution in [0.5, 0.6) is 0 Å². The van der Waals surface area contributed by atoms with Gasteiger partial charge in [-0.15, -0.1) is 5.06 Å². The maximum atomic E-state index is 11.9. The number of amides is 3. The lowest BCUT2D eigenvalue weighted by Gasteiger charge is -2.17. The summed E-state index contributed by atoms with van der Waals surface area (Å²) in [5.41, 5.74) is 1.43. The molecule has 3 amide bonds. The normalized spacial score (nSPS) is 13.6. The number of nitrogens with zero attached hydrogens (tertiary/aromatic N) is 2. The molecule has 30 heavy (non-hydrogen) atoms. The molecule has 164 valence electrons. The summed E-state index contributed by atoms with van der Waals surface area (Å²) >= 11 is 0. The van der Waals surface area contributed by atoms with Gasteiger partial charge in [-0.1, -0.05) is 38.1 Å². The minimum atomic E-state index is -0.688. The van der Waals surface area contributed by atoms with Gasteiger partial charge in [0.2, 0.25) is 0 Å². The van der Waals surface area contributed by atoms with Crippen LogP contribution in [-0.4, -0.2) is 60.0 Å². The zero-order valence-electron chi connectivity index (χ0n) is 17.5. The van der Waals surface area contributed by atoms with Crippen molar-refractivity contribution < 1.29 is 28.8 Å². The van der Waals surface area contributed by atoms with Crippen molar-refractivity contribution in [3.63, 3.8) is 0 Å². The van der Waals surface area contributed by atoms with Crippen LogP contribution in [0.4, 0.5) is 4.79 Å². The fraction of sp³-hybridized carbons (Fsp3) is 0.524. The summed E-state index contributed by atoms with van der Waals surface area (Å²) in [6.07, 6.45) is 0.429. The smallest absolute Gasteiger partial charge is 0.407 e. The van der Waals surface area contributed by atoms with E-state index in [1.807, 2.05) is 0 Å². The lowest BCUT2D eigenvalue weighted by molar-refractivity contribution is -0.197. The van der Waals surface area contributed by atoms with Crippen LogP contribution in [0, 0.1) is 0 Å². The van der Waals surface area contributed by atoms with Crippen LogP contribution in [0.2, 0.25) is 0 Å². The molecule has 1 aliphatic rings. The number of alkyl carbamates (subject to hydrolysis) is 1. The van der Waals surface area contributed by atoms with E-state index in [1.54, 1.807) is 24.3 Å². The Morgan fingerprint density at radius 2 is 1.63 bits per heavy atom. The first-order valence-corrected chi connectivity index (χ1v) is 10.2. The second-order valence-electron chi connectivity index (χ2n) is 6.92. The molecule has 0 atom stereocenters. The van der Waals surface area contributed by atoms with Gasteiger partial charge in [0.25, 0.3) is 11.8 Å². The molecule has 1 saturated heterocycles. The first kappa shape index (κ1) is 23.3. The van der Waals surface area contributed by atoms with Gasteiger partial charge in [0.1, 0.15) is 6.61 Å². The third-order valence-electron chi connectivity index (χ3n) is 4.76. The van der Waals surface area contributed by atoms with Gasteiger partial charge in [-0.2, -0.15) is 0 Å².